The molecule has 0 spiro atoms. The fourth-order valence-corrected chi connectivity index (χ4v) is 3.17. The Bertz CT molecular complexity index is 967. The minimum atomic E-state index is 0.500. The third-order valence-electron chi connectivity index (χ3n) is 3.53. The van der Waals surface area contributed by atoms with Crippen molar-refractivity contribution in [3.8, 4) is 17.1 Å². The number of rotatable bonds is 3. The number of thiazole rings is 1. The van der Waals surface area contributed by atoms with Crippen LogP contribution in [0.25, 0.3) is 22.0 Å². The Kier molecular flexibility index (Phi) is 2.87. The Morgan fingerprint density at radius 2 is 2.00 bits per heavy atom. The molecule has 0 bridgehead atoms. The molecule has 0 saturated carbocycles. The van der Waals surface area contributed by atoms with Crippen molar-refractivity contribution in [1.29, 1.82) is 0 Å². The van der Waals surface area contributed by atoms with Crippen LogP contribution in [0, 0.1) is 6.92 Å². The standard InChI is InChI=1S/C15H11N5OS/c1-10-13(17-18-20(10)11-5-3-2-4-6-11)14-12(9-21)19-7-8-22-15(19)16-14/h2-9H,1H3. The van der Waals surface area contributed by atoms with Gasteiger partial charge in [-0.3, -0.25) is 9.20 Å². The first-order valence-electron chi connectivity index (χ1n) is 6.68. The maximum absolute atomic E-state index is 11.5. The zero-order chi connectivity index (χ0) is 15.1. The summed E-state index contributed by atoms with van der Waals surface area (Å²) < 4.78 is 3.52. The zero-order valence-corrected chi connectivity index (χ0v) is 12.5. The van der Waals surface area contributed by atoms with Gasteiger partial charge >= 0.3 is 0 Å². The van der Waals surface area contributed by atoms with Gasteiger partial charge in [-0.15, -0.1) is 16.4 Å². The molecule has 22 heavy (non-hydrogen) atoms. The van der Waals surface area contributed by atoms with Crippen LogP contribution in [0.2, 0.25) is 0 Å². The third kappa shape index (κ3) is 1.79. The van der Waals surface area contributed by atoms with Crippen LogP contribution in [0.3, 0.4) is 0 Å². The molecule has 7 heteroatoms. The van der Waals surface area contributed by atoms with Crippen LogP contribution >= 0.6 is 11.3 Å². The van der Waals surface area contributed by atoms with E-state index in [-0.39, 0.29) is 0 Å². The number of aromatic nitrogens is 5. The molecule has 0 aliphatic carbocycles. The van der Waals surface area contributed by atoms with Gasteiger partial charge < -0.3 is 0 Å². The molecule has 108 valence electrons. The average Bonchev–Trinajstić information content (AvgIpc) is 3.21. The Balaban J connectivity index is 1.91. The molecule has 0 unspecified atom stereocenters. The lowest BCUT2D eigenvalue weighted by Crippen LogP contribution is -1.98. The molecule has 0 aliphatic rings. The van der Waals surface area contributed by atoms with E-state index in [0.717, 1.165) is 22.6 Å². The Morgan fingerprint density at radius 1 is 1.18 bits per heavy atom. The van der Waals surface area contributed by atoms with E-state index in [1.165, 1.54) is 11.3 Å². The number of carbonyl (C=O) groups excluding carboxylic acids is 1. The minimum absolute atomic E-state index is 0.500. The summed E-state index contributed by atoms with van der Waals surface area (Å²) in [6, 6.07) is 9.75. The molecule has 0 atom stereocenters. The fourth-order valence-electron chi connectivity index (χ4n) is 2.45. The van der Waals surface area contributed by atoms with Crippen LogP contribution in [-0.4, -0.2) is 30.7 Å². The minimum Gasteiger partial charge on any atom is -0.296 e. The SMILES string of the molecule is Cc1c(-c2nc3sccn3c2C=O)nnn1-c1ccccc1. The first-order chi connectivity index (χ1) is 10.8. The van der Waals surface area contributed by atoms with E-state index < -0.39 is 0 Å². The molecular weight excluding hydrogens is 298 g/mol. The Labute approximate surface area is 129 Å². The van der Waals surface area contributed by atoms with Gasteiger partial charge in [0.15, 0.2) is 11.2 Å². The summed E-state index contributed by atoms with van der Waals surface area (Å²) in [6.45, 7) is 1.92. The molecular formula is C15H11N5OS. The Hall–Kier alpha value is -2.80. The topological polar surface area (TPSA) is 65.1 Å². The molecule has 3 aromatic heterocycles. The van der Waals surface area contributed by atoms with Gasteiger partial charge in [-0.1, -0.05) is 23.4 Å². The molecule has 4 aromatic rings. The second kappa shape index (κ2) is 4.88. The lowest BCUT2D eigenvalue weighted by molar-refractivity contribution is 0.111. The molecule has 0 N–H and O–H groups in total. The van der Waals surface area contributed by atoms with Crippen molar-refractivity contribution < 1.29 is 4.79 Å². The maximum atomic E-state index is 11.5. The van der Waals surface area contributed by atoms with E-state index in [1.807, 2.05) is 48.8 Å². The molecule has 6 nitrogen and oxygen atoms in total. The number of benzene rings is 1. The lowest BCUT2D eigenvalue weighted by atomic mass is 10.2. The molecule has 1 aromatic carbocycles. The first kappa shape index (κ1) is 12.9. The van der Waals surface area contributed by atoms with E-state index in [9.17, 15) is 4.79 Å². The van der Waals surface area contributed by atoms with Crippen LogP contribution in [0.4, 0.5) is 0 Å². The predicted molar refractivity (Wildman–Crippen MR) is 83.5 cm³/mol. The fraction of sp³-hybridized carbons (Fsp3) is 0.0667. The van der Waals surface area contributed by atoms with Crippen molar-refractivity contribution in [3.05, 3.63) is 53.3 Å². The summed E-state index contributed by atoms with van der Waals surface area (Å²) in [7, 11) is 0. The third-order valence-corrected chi connectivity index (χ3v) is 4.29. The van der Waals surface area contributed by atoms with Crippen molar-refractivity contribution in [2.75, 3.05) is 0 Å². The molecule has 4 rings (SSSR count). The average molecular weight is 309 g/mol. The smallest absolute Gasteiger partial charge is 0.194 e. The monoisotopic (exact) mass is 309 g/mol. The second-order valence-corrected chi connectivity index (χ2v) is 5.66. The Morgan fingerprint density at radius 3 is 2.77 bits per heavy atom. The van der Waals surface area contributed by atoms with Crippen LogP contribution in [0.15, 0.2) is 41.9 Å². The number of para-hydroxylation sites is 1. The van der Waals surface area contributed by atoms with E-state index in [1.54, 1.807) is 9.08 Å². The van der Waals surface area contributed by atoms with E-state index >= 15 is 0 Å². The van der Waals surface area contributed by atoms with Crippen molar-refractivity contribution in [3.63, 3.8) is 0 Å². The highest BCUT2D eigenvalue weighted by molar-refractivity contribution is 7.15. The highest BCUT2D eigenvalue weighted by atomic mass is 32.1. The number of fused-ring (bicyclic) bond motifs is 1. The molecule has 0 aliphatic heterocycles. The second-order valence-electron chi connectivity index (χ2n) is 4.79. The zero-order valence-electron chi connectivity index (χ0n) is 11.7. The molecule has 0 saturated heterocycles. The van der Waals surface area contributed by atoms with Crippen LogP contribution in [0.1, 0.15) is 16.2 Å². The van der Waals surface area contributed by atoms with Gasteiger partial charge in [0, 0.05) is 11.6 Å². The van der Waals surface area contributed by atoms with Crippen molar-refractivity contribution in [2.45, 2.75) is 6.92 Å². The summed E-state index contributed by atoms with van der Waals surface area (Å²) in [6.07, 6.45) is 2.64. The molecule has 3 heterocycles. The number of nitrogens with zero attached hydrogens (tertiary/aromatic N) is 5. The molecule has 0 amide bonds. The summed E-state index contributed by atoms with van der Waals surface area (Å²) in [5.41, 5.74) is 3.47. The lowest BCUT2D eigenvalue weighted by Gasteiger charge is -2.02. The summed E-state index contributed by atoms with van der Waals surface area (Å²) in [5, 5.41) is 10.3. The van der Waals surface area contributed by atoms with Gasteiger partial charge in [0.25, 0.3) is 0 Å². The van der Waals surface area contributed by atoms with Crippen molar-refractivity contribution in [1.82, 2.24) is 24.4 Å². The van der Waals surface area contributed by atoms with Gasteiger partial charge in [-0.25, -0.2) is 9.67 Å². The summed E-state index contributed by atoms with van der Waals surface area (Å²) in [5.74, 6) is 0. The van der Waals surface area contributed by atoms with Gasteiger partial charge in [0.1, 0.15) is 17.1 Å². The van der Waals surface area contributed by atoms with E-state index in [2.05, 4.69) is 15.3 Å². The normalized spacial score (nSPS) is 11.1. The maximum Gasteiger partial charge on any atom is 0.194 e. The number of hydrogen-bond donors (Lipinski definition) is 0. The van der Waals surface area contributed by atoms with Crippen LogP contribution < -0.4 is 0 Å². The number of imidazole rings is 1. The van der Waals surface area contributed by atoms with Gasteiger partial charge in [-0.2, -0.15) is 0 Å². The predicted octanol–water partition coefficient (Wildman–Crippen LogP) is 2.76. The highest BCUT2D eigenvalue weighted by Crippen LogP contribution is 2.27. The van der Waals surface area contributed by atoms with Gasteiger partial charge in [0.05, 0.1) is 11.4 Å². The van der Waals surface area contributed by atoms with E-state index in [4.69, 9.17) is 0 Å². The quantitative estimate of drug-likeness (QED) is 0.546. The number of aldehydes is 1. The van der Waals surface area contributed by atoms with E-state index in [0.29, 0.717) is 17.1 Å². The van der Waals surface area contributed by atoms with Crippen LogP contribution in [0.5, 0.6) is 0 Å². The molecule has 0 fully saturated rings. The van der Waals surface area contributed by atoms with Gasteiger partial charge in [0.2, 0.25) is 0 Å². The van der Waals surface area contributed by atoms with Gasteiger partial charge in [-0.05, 0) is 19.1 Å². The van der Waals surface area contributed by atoms with Crippen LogP contribution in [-0.2, 0) is 0 Å². The number of carbonyl (C=O) groups is 1. The summed E-state index contributed by atoms with van der Waals surface area (Å²) >= 11 is 1.48. The molecule has 0 radical (unpaired) electrons. The highest BCUT2D eigenvalue weighted by Gasteiger charge is 2.20. The number of hydrogen-bond acceptors (Lipinski definition) is 5. The summed E-state index contributed by atoms with van der Waals surface area (Å²) in [4.78, 5) is 16.7. The largest absolute Gasteiger partial charge is 0.296 e. The van der Waals surface area contributed by atoms with Crippen molar-refractivity contribution in [2.24, 2.45) is 0 Å². The van der Waals surface area contributed by atoms with Crippen molar-refractivity contribution >= 4 is 22.6 Å². The first-order valence-corrected chi connectivity index (χ1v) is 7.56.